The summed E-state index contributed by atoms with van der Waals surface area (Å²) in [5.74, 6) is -0.542. The molecule has 1 fully saturated rings. The SMILES string of the molecule is O=C(NC1CCN(C(=O)c2ccc(Cl)cc2[N+](=O)[O-])CC1)c1ccccc1. The molecule has 1 aliphatic heterocycles. The molecule has 3 rings (SSSR count). The fraction of sp³-hybridized carbons (Fsp3) is 0.263. The Kier molecular flexibility index (Phi) is 5.71. The van der Waals surface area contributed by atoms with E-state index < -0.39 is 10.8 Å². The number of likely N-dealkylation sites (tertiary alicyclic amines) is 1. The van der Waals surface area contributed by atoms with Crippen LogP contribution in [-0.2, 0) is 0 Å². The van der Waals surface area contributed by atoms with Crippen molar-refractivity contribution in [2.45, 2.75) is 18.9 Å². The van der Waals surface area contributed by atoms with Gasteiger partial charge in [0.2, 0.25) is 0 Å². The van der Waals surface area contributed by atoms with E-state index >= 15 is 0 Å². The Morgan fingerprint density at radius 1 is 1.11 bits per heavy atom. The third-order valence-corrected chi connectivity index (χ3v) is 4.78. The van der Waals surface area contributed by atoms with E-state index in [1.54, 1.807) is 29.2 Å². The predicted octanol–water partition coefficient (Wildman–Crippen LogP) is 3.28. The first-order chi connectivity index (χ1) is 13.0. The van der Waals surface area contributed by atoms with Crippen molar-refractivity contribution < 1.29 is 14.5 Å². The average molecular weight is 388 g/mol. The van der Waals surface area contributed by atoms with Gasteiger partial charge in [0, 0.05) is 35.8 Å². The van der Waals surface area contributed by atoms with E-state index in [1.807, 2.05) is 6.07 Å². The smallest absolute Gasteiger partial charge is 0.283 e. The Bertz CT molecular complexity index is 865. The summed E-state index contributed by atoms with van der Waals surface area (Å²) < 4.78 is 0. The number of nitrogens with zero attached hydrogens (tertiary/aromatic N) is 2. The molecule has 2 aromatic rings. The molecule has 140 valence electrons. The summed E-state index contributed by atoms with van der Waals surface area (Å²) >= 11 is 5.80. The molecule has 0 unspecified atom stereocenters. The number of carbonyl (C=O) groups is 2. The minimum Gasteiger partial charge on any atom is -0.349 e. The van der Waals surface area contributed by atoms with E-state index in [0.717, 1.165) is 0 Å². The van der Waals surface area contributed by atoms with Crippen LogP contribution in [0, 0.1) is 10.1 Å². The van der Waals surface area contributed by atoms with E-state index in [-0.39, 0.29) is 28.2 Å². The highest BCUT2D eigenvalue weighted by Gasteiger charge is 2.29. The number of rotatable bonds is 4. The van der Waals surface area contributed by atoms with Gasteiger partial charge in [-0.2, -0.15) is 0 Å². The predicted molar refractivity (Wildman–Crippen MR) is 101 cm³/mol. The van der Waals surface area contributed by atoms with Gasteiger partial charge in [-0.1, -0.05) is 29.8 Å². The molecule has 0 atom stereocenters. The van der Waals surface area contributed by atoms with E-state index in [9.17, 15) is 19.7 Å². The maximum atomic E-state index is 12.7. The number of nitro groups is 1. The van der Waals surface area contributed by atoms with Crippen LogP contribution in [0.4, 0.5) is 5.69 Å². The lowest BCUT2D eigenvalue weighted by atomic mass is 10.0. The van der Waals surface area contributed by atoms with Crippen molar-refractivity contribution in [1.29, 1.82) is 0 Å². The van der Waals surface area contributed by atoms with Crippen LogP contribution in [0.3, 0.4) is 0 Å². The maximum absolute atomic E-state index is 12.7. The quantitative estimate of drug-likeness (QED) is 0.643. The molecular weight excluding hydrogens is 370 g/mol. The van der Waals surface area contributed by atoms with Gasteiger partial charge >= 0.3 is 0 Å². The van der Waals surface area contributed by atoms with Crippen molar-refractivity contribution in [1.82, 2.24) is 10.2 Å². The summed E-state index contributed by atoms with van der Waals surface area (Å²) in [6.45, 7) is 0.830. The normalized spacial score (nSPS) is 14.6. The molecule has 0 aromatic heterocycles. The van der Waals surface area contributed by atoms with Crippen molar-refractivity contribution in [2.24, 2.45) is 0 Å². The molecule has 0 radical (unpaired) electrons. The van der Waals surface area contributed by atoms with Crippen LogP contribution < -0.4 is 5.32 Å². The highest BCUT2D eigenvalue weighted by atomic mass is 35.5. The molecule has 1 heterocycles. The number of carbonyl (C=O) groups excluding carboxylic acids is 2. The first-order valence-electron chi connectivity index (χ1n) is 8.55. The summed E-state index contributed by atoms with van der Waals surface area (Å²) in [4.78, 5) is 37.1. The summed E-state index contributed by atoms with van der Waals surface area (Å²) in [5, 5.41) is 14.4. The minimum atomic E-state index is -0.605. The molecule has 2 aromatic carbocycles. The number of hydrogen-bond acceptors (Lipinski definition) is 4. The molecule has 1 aliphatic rings. The summed E-state index contributed by atoms with van der Waals surface area (Å²) in [7, 11) is 0. The fourth-order valence-corrected chi connectivity index (χ4v) is 3.26. The van der Waals surface area contributed by atoms with Crippen LogP contribution in [0.2, 0.25) is 5.02 Å². The van der Waals surface area contributed by atoms with Crippen molar-refractivity contribution in [3.05, 3.63) is 74.8 Å². The lowest BCUT2D eigenvalue weighted by molar-refractivity contribution is -0.385. The molecule has 8 heteroatoms. The Balaban J connectivity index is 1.62. The number of hydrogen-bond donors (Lipinski definition) is 1. The molecule has 1 saturated heterocycles. The van der Waals surface area contributed by atoms with Crippen LogP contribution in [0.25, 0.3) is 0 Å². The zero-order chi connectivity index (χ0) is 19.4. The lowest BCUT2D eigenvalue weighted by Gasteiger charge is -2.32. The van der Waals surface area contributed by atoms with E-state index in [2.05, 4.69) is 5.32 Å². The molecule has 0 aliphatic carbocycles. The number of piperidine rings is 1. The molecule has 0 spiro atoms. The number of halogens is 1. The number of benzene rings is 2. The Hall–Kier alpha value is -2.93. The summed E-state index contributed by atoms with van der Waals surface area (Å²) in [6.07, 6.45) is 1.18. The second-order valence-electron chi connectivity index (χ2n) is 6.32. The van der Waals surface area contributed by atoms with Gasteiger partial charge in [0.1, 0.15) is 5.56 Å². The van der Waals surface area contributed by atoms with E-state index in [4.69, 9.17) is 11.6 Å². The summed E-state index contributed by atoms with van der Waals surface area (Å²) in [5.41, 5.74) is 0.316. The van der Waals surface area contributed by atoms with Gasteiger partial charge in [0.05, 0.1) is 4.92 Å². The molecule has 0 bridgehead atoms. The van der Waals surface area contributed by atoms with Gasteiger partial charge < -0.3 is 10.2 Å². The van der Waals surface area contributed by atoms with Gasteiger partial charge in [0.25, 0.3) is 17.5 Å². The molecule has 2 amide bonds. The maximum Gasteiger partial charge on any atom is 0.283 e. The minimum absolute atomic E-state index is 0.0242. The van der Waals surface area contributed by atoms with Crippen molar-refractivity contribution in [2.75, 3.05) is 13.1 Å². The molecular formula is C19H18ClN3O4. The van der Waals surface area contributed by atoms with Crippen LogP contribution in [0.5, 0.6) is 0 Å². The van der Waals surface area contributed by atoms with Gasteiger partial charge in [-0.15, -0.1) is 0 Å². The summed E-state index contributed by atoms with van der Waals surface area (Å²) in [6, 6.07) is 12.9. The third kappa shape index (κ3) is 4.43. The Morgan fingerprint density at radius 2 is 1.78 bits per heavy atom. The zero-order valence-electron chi connectivity index (χ0n) is 14.4. The van der Waals surface area contributed by atoms with Gasteiger partial charge in [-0.3, -0.25) is 19.7 Å². The first-order valence-corrected chi connectivity index (χ1v) is 8.92. The van der Waals surface area contributed by atoms with Gasteiger partial charge in [0.15, 0.2) is 0 Å². The molecule has 27 heavy (non-hydrogen) atoms. The lowest BCUT2D eigenvalue weighted by Crippen LogP contribution is -2.46. The molecule has 1 N–H and O–H groups in total. The van der Waals surface area contributed by atoms with E-state index in [1.165, 1.54) is 18.2 Å². The number of nitro benzene ring substituents is 1. The van der Waals surface area contributed by atoms with Crippen molar-refractivity contribution in [3.63, 3.8) is 0 Å². The standard InChI is InChI=1S/C19H18ClN3O4/c20-14-6-7-16(17(12-14)23(26)27)19(25)22-10-8-15(9-11-22)21-18(24)13-4-2-1-3-5-13/h1-7,12,15H,8-11H2,(H,21,24). The largest absolute Gasteiger partial charge is 0.349 e. The van der Waals surface area contributed by atoms with Crippen LogP contribution in [0.1, 0.15) is 33.6 Å². The Labute approximate surface area is 161 Å². The van der Waals surface area contributed by atoms with Crippen LogP contribution >= 0.6 is 11.6 Å². The highest BCUT2D eigenvalue weighted by molar-refractivity contribution is 6.31. The fourth-order valence-electron chi connectivity index (χ4n) is 3.09. The zero-order valence-corrected chi connectivity index (χ0v) is 15.2. The molecule has 7 nitrogen and oxygen atoms in total. The third-order valence-electron chi connectivity index (χ3n) is 4.54. The second kappa shape index (κ2) is 8.18. The second-order valence-corrected chi connectivity index (χ2v) is 6.76. The number of nitrogens with one attached hydrogen (secondary N) is 1. The van der Waals surface area contributed by atoms with Crippen LogP contribution in [-0.4, -0.2) is 40.8 Å². The topological polar surface area (TPSA) is 92.6 Å². The van der Waals surface area contributed by atoms with Gasteiger partial charge in [-0.25, -0.2) is 0 Å². The first kappa shape index (κ1) is 18.8. The van der Waals surface area contributed by atoms with Crippen molar-refractivity contribution >= 4 is 29.1 Å². The number of amides is 2. The van der Waals surface area contributed by atoms with Gasteiger partial charge in [-0.05, 0) is 37.1 Å². The van der Waals surface area contributed by atoms with Crippen molar-refractivity contribution in [3.8, 4) is 0 Å². The monoisotopic (exact) mass is 387 g/mol. The van der Waals surface area contributed by atoms with E-state index in [0.29, 0.717) is 31.5 Å². The highest BCUT2D eigenvalue weighted by Crippen LogP contribution is 2.25. The molecule has 0 saturated carbocycles. The van der Waals surface area contributed by atoms with Crippen LogP contribution in [0.15, 0.2) is 48.5 Å². The Morgan fingerprint density at radius 3 is 2.41 bits per heavy atom. The average Bonchev–Trinajstić information content (AvgIpc) is 2.68.